The first-order valence-electron chi connectivity index (χ1n) is 13.2. The molecule has 3 aliphatic rings. The summed E-state index contributed by atoms with van der Waals surface area (Å²) in [6.07, 6.45) is 0.551. The van der Waals surface area contributed by atoms with Crippen LogP contribution in [0, 0.1) is 5.82 Å². The topological polar surface area (TPSA) is 91.0 Å². The Bertz CT molecular complexity index is 1280. The van der Waals surface area contributed by atoms with Crippen molar-refractivity contribution in [2.75, 3.05) is 18.4 Å². The number of carbonyl (C=O) groups excluding carboxylic acids is 3. The van der Waals surface area contributed by atoms with E-state index in [1.54, 1.807) is 24.3 Å². The normalized spacial score (nSPS) is 25.8. The van der Waals surface area contributed by atoms with Gasteiger partial charge in [0.05, 0.1) is 14.9 Å². The smallest absolute Gasteiger partial charge is 0.255 e. The van der Waals surface area contributed by atoms with Gasteiger partial charge in [-0.05, 0) is 44.0 Å². The maximum absolute atomic E-state index is 15.2. The Morgan fingerprint density at radius 3 is 2.67 bits per heavy atom. The summed E-state index contributed by atoms with van der Waals surface area (Å²) in [5.41, 5.74) is 1.82. The standard InChI is InChI=1S/C27H31FN4O4/c1-16-12-31(13-17(2)36-16)14-18-6-7-19(22(28)10-18)11-29-23-5-3-4-20-21(23)15-32(27(20)35)24-8-9-25(33)30-26(24)34/h3-7,10,16-17,24,29H,8-9,11-15H2,1-2H3,(H,30,33,34)/i11D2. The van der Waals surface area contributed by atoms with Crippen LogP contribution < -0.4 is 10.6 Å². The number of fused-ring (bicyclic) bond motifs is 1. The molecule has 9 heteroatoms. The number of piperidine rings is 1. The zero-order chi connectivity index (χ0) is 27.2. The lowest BCUT2D eigenvalue weighted by atomic mass is 10.0. The number of ether oxygens (including phenoxy) is 1. The van der Waals surface area contributed by atoms with E-state index in [0.717, 1.165) is 18.7 Å². The van der Waals surface area contributed by atoms with Crippen LogP contribution in [-0.4, -0.2) is 58.9 Å². The number of nitrogens with zero attached hydrogens (tertiary/aromatic N) is 2. The highest BCUT2D eigenvalue weighted by atomic mass is 19.1. The number of amides is 3. The number of anilines is 1. The van der Waals surface area contributed by atoms with E-state index >= 15 is 4.39 Å². The molecule has 3 atom stereocenters. The zero-order valence-electron chi connectivity index (χ0n) is 22.3. The Balaban J connectivity index is 1.33. The molecule has 2 N–H and O–H groups in total. The number of hydrogen-bond acceptors (Lipinski definition) is 6. The summed E-state index contributed by atoms with van der Waals surface area (Å²) in [4.78, 5) is 40.6. The average molecular weight is 497 g/mol. The second-order valence-electron chi connectivity index (χ2n) is 9.75. The van der Waals surface area contributed by atoms with Crippen molar-refractivity contribution in [2.45, 2.75) is 64.5 Å². The fourth-order valence-electron chi connectivity index (χ4n) is 5.27. The quantitative estimate of drug-likeness (QED) is 0.598. The molecular weight excluding hydrogens is 463 g/mol. The van der Waals surface area contributed by atoms with Crippen LogP contribution in [-0.2, 0) is 33.9 Å². The Kier molecular flexibility index (Phi) is 6.09. The average Bonchev–Trinajstić information content (AvgIpc) is 3.15. The number of benzene rings is 2. The fourth-order valence-corrected chi connectivity index (χ4v) is 5.27. The van der Waals surface area contributed by atoms with Crippen molar-refractivity contribution in [3.05, 3.63) is 64.5 Å². The van der Waals surface area contributed by atoms with Gasteiger partial charge >= 0.3 is 0 Å². The zero-order valence-corrected chi connectivity index (χ0v) is 20.3. The first kappa shape index (κ1) is 21.9. The number of halogens is 1. The second kappa shape index (κ2) is 9.99. The van der Waals surface area contributed by atoms with Crippen molar-refractivity contribution in [3.8, 4) is 0 Å². The molecule has 3 amide bonds. The molecule has 0 spiro atoms. The molecule has 8 nitrogen and oxygen atoms in total. The Morgan fingerprint density at radius 1 is 1.17 bits per heavy atom. The minimum Gasteiger partial charge on any atom is -0.381 e. The van der Waals surface area contributed by atoms with Crippen LogP contribution in [0.1, 0.15) is 56.5 Å². The van der Waals surface area contributed by atoms with Crippen molar-refractivity contribution >= 4 is 23.4 Å². The Labute approximate surface area is 212 Å². The maximum Gasteiger partial charge on any atom is 0.255 e. The minimum absolute atomic E-state index is 0.0809. The van der Waals surface area contributed by atoms with Crippen molar-refractivity contribution < 1.29 is 26.3 Å². The van der Waals surface area contributed by atoms with E-state index in [2.05, 4.69) is 15.5 Å². The molecule has 0 saturated carbocycles. The molecule has 2 fully saturated rings. The SMILES string of the molecule is [2H]C([2H])(Nc1cccc2c1CN(C1CCC(=O)NC1=O)C2=O)c1ccc(CN2CC(C)OC(C)C2)cc1F. The molecule has 3 aliphatic heterocycles. The third kappa shape index (κ3) is 4.99. The molecule has 2 aromatic carbocycles. The molecule has 0 bridgehead atoms. The Morgan fingerprint density at radius 2 is 1.94 bits per heavy atom. The lowest BCUT2D eigenvalue weighted by Crippen LogP contribution is -2.52. The summed E-state index contributed by atoms with van der Waals surface area (Å²) in [5.74, 6) is -1.91. The van der Waals surface area contributed by atoms with Gasteiger partial charge in [0.1, 0.15) is 11.9 Å². The summed E-state index contributed by atoms with van der Waals surface area (Å²) in [6, 6.07) is 8.63. The molecule has 0 aliphatic carbocycles. The molecule has 0 radical (unpaired) electrons. The fraction of sp³-hybridized carbons (Fsp3) is 0.444. The largest absolute Gasteiger partial charge is 0.381 e. The maximum atomic E-state index is 15.2. The van der Waals surface area contributed by atoms with Gasteiger partial charge in [-0.25, -0.2) is 4.39 Å². The van der Waals surface area contributed by atoms with E-state index in [1.807, 2.05) is 13.8 Å². The van der Waals surface area contributed by atoms with Crippen LogP contribution in [0.5, 0.6) is 0 Å². The third-order valence-electron chi connectivity index (χ3n) is 6.85. The lowest BCUT2D eigenvalue weighted by Gasteiger charge is -2.35. The molecule has 3 unspecified atom stereocenters. The minimum atomic E-state index is -2.27. The van der Waals surface area contributed by atoms with E-state index in [1.165, 1.54) is 17.0 Å². The van der Waals surface area contributed by atoms with Gasteiger partial charge in [0, 0.05) is 61.5 Å². The van der Waals surface area contributed by atoms with Crippen LogP contribution in [0.3, 0.4) is 0 Å². The van der Waals surface area contributed by atoms with Crippen molar-refractivity contribution in [2.24, 2.45) is 0 Å². The molecule has 36 heavy (non-hydrogen) atoms. The summed E-state index contributed by atoms with van der Waals surface area (Å²) >= 11 is 0. The van der Waals surface area contributed by atoms with Gasteiger partial charge in [-0.2, -0.15) is 0 Å². The lowest BCUT2D eigenvalue weighted by molar-refractivity contribution is -0.136. The van der Waals surface area contributed by atoms with Crippen molar-refractivity contribution in [3.63, 3.8) is 0 Å². The molecule has 190 valence electrons. The van der Waals surface area contributed by atoms with Crippen molar-refractivity contribution in [1.82, 2.24) is 15.1 Å². The van der Waals surface area contributed by atoms with Crippen LogP contribution >= 0.6 is 0 Å². The summed E-state index contributed by atoms with van der Waals surface area (Å²) in [6.45, 7) is 3.83. The molecule has 2 saturated heterocycles. The van der Waals surface area contributed by atoms with E-state index in [9.17, 15) is 14.4 Å². The number of rotatable bonds is 6. The van der Waals surface area contributed by atoms with Gasteiger partial charge in [0.15, 0.2) is 0 Å². The number of morpholine rings is 1. The van der Waals surface area contributed by atoms with E-state index in [-0.39, 0.29) is 49.0 Å². The van der Waals surface area contributed by atoms with Crippen LogP contribution in [0.25, 0.3) is 0 Å². The van der Waals surface area contributed by atoms with Gasteiger partial charge in [0.2, 0.25) is 11.8 Å². The third-order valence-corrected chi connectivity index (χ3v) is 6.85. The highest BCUT2D eigenvalue weighted by Gasteiger charge is 2.39. The summed E-state index contributed by atoms with van der Waals surface area (Å²) in [7, 11) is 0. The van der Waals surface area contributed by atoms with Crippen LogP contribution in [0.4, 0.5) is 10.1 Å². The Hall–Kier alpha value is -3.30. The molecule has 3 heterocycles. The highest BCUT2D eigenvalue weighted by Crippen LogP contribution is 2.32. The molecule has 5 rings (SSSR count). The van der Waals surface area contributed by atoms with Gasteiger partial charge in [-0.15, -0.1) is 0 Å². The van der Waals surface area contributed by atoms with E-state index in [0.29, 0.717) is 23.4 Å². The molecule has 2 aromatic rings. The predicted octanol–water partition coefficient (Wildman–Crippen LogP) is 2.81. The number of nitrogens with one attached hydrogen (secondary N) is 2. The van der Waals surface area contributed by atoms with Crippen LogP contribution in [0.2, 0.25) is 0 Å². The first-order valence-corrected chi connectivity index (χ1v) is 12.2. The first-order chi connectivity index (χ1) is 18.0. The highest BCUT2D eigenvalue weighted by molar-refractivity contribution is 6.06. The monoisotopic (exact) mass is 496 g/mol. The van der Waals surface area contributed by atoms with E-state index in [4.69, 9.17) is 7.48 Å². The van der Waals surface area contributed by atoms with Gasteiger partial charge in [0.25, 0.3) is 5.91 Å². The predicted molar refractivity (Wildman–Crippen MR) is 131 cm³/mol. The number of hydrogen-bond donors (Lipinski definition) is 2. The van der Waals surface area contributed by atoms with Gasteiger partial charge in [-0.3, -0.25) is 24.6 Å². The number of carbonyl (C=O) groups is 3. The van der Waals surface area contributed by atoms with Crippen LogP contribution in [0.15, 0.2) is 36.4 Å². The summed E-state index contributed by atoms with van der Waals surface area (Å²) in [5, 5.41) is 5.05. The molecular formula is C27H31FN4O4. The van der Waals surface area contributed by atoms with Crippen molar-refractivity contribution in [1.29, 1.82) is 0 Å². The molecule has 0 aromatic heterocycles. The summed E-state index contributed by atoms with van der Waals surface area (Å²) < 4.78 is 38.2. The van der Waals surface area contributed by atoms with Gasteiger partial charge in [-0.1, -0.05) is 18.2 Å². The number of imide groups is 1. The van der Waals surface area contributed by atoms with E-state index < -0.39 is 24.3 Å². The second-order valence-corrected chi connectivity index (χ2v) is 9.75. The van der Waals surface area contributed by atoms with Gasteiger partial charge < -0.3 is 15.0 Å².